The maximum absolute atomic E-state index is 8.95. The monoisotopic (exact) mass is 272 g/mol. The zero-order valence-electron chi connectivity index (χ0n) is 12.2. The van der Waals surface area contributed by atoms with Crippen LogP contribution in [0.25, 0.3) is 0 Å². The van der Waals surface area contributed by atoms with Gasteiger partial charge in [-0.25, -0.2) is 0 Å². The van der Waals surface area contributed by atoms with Gasteiger partial charge in [-0.3, -0.25) is 0 Å². The average Bonchev–Trinajstić information content (AvgIpc) is 2.47. The third-order valence-corrected chi connectivity index (χ3v) is 4.10. The van der Waals surface area contributed by atoms with Gasteiger partial charge in [-0.15, -0.1) is 0 Å². The van der Waals surface area contributed by atoms with Crippen molar-refractivity contribution in [3.8, 4) is 6.07 Å². The molecule has 1 aromatic carbocycles. The molecule has 0 spiro atoms. The number of nitrogens with two attached hydrogens (primary N) is 1. The van der Waals surface area contributed by atoms with Crippen LogP contribution in [0, 0.1) is 11.3 Å². The van der Waals surface area contributed by atoms with Gasteiger partial charge in [0.15, 0.2) is 0 Å². The van der Waals surface area contributed by atoms with Crippen LogP contribution in [0.2, 0.25) is 0 Å². The minimum atomic E-state index is 0.541. The van der Waals surface area contributed by atoms with E-state index in [9.17, 15) is 0 Å². The topological polar surface area (TPSA) is 65.1 Å². The van der Waals surface area contributed by atoms with Crippen molar-refractivity contribution in [3.05, 3.63) is 23.8 Å². The molecule has 1 aromatic rings. The van der Waals surface area contributed by atoms with Crippen LogP contribution in [-0.2, 0) is 0 Å². The van der Waals surface area contributed by atoms with Crippen LogP contribution < -0.4 is 11.1 Å². The summed E-state index contributed by atoms with van der Waals surface area (Å²) < 4.78 is 0. The number of nitrogens with zero attached hydrogens (tertiary/aromatic N) is 2. The maximum Gasteiger partial charge on any atom is 0.101 e. The molecule has 1 saturated heterocycles. The maximum atomic E-state index is 8.95. The molecule has 1 aliphatic heterocycles. The molecule has 0 amide bonds. The lowest BCUT2D eigenvalue weighted by Gasteiger charge is -2.33. The molecule has 1 unspecified atom stereocenters. The summed E-state index contributed by atoms with van der Waals surface area (Å²) in [5, 5.41) is 12.3. The summed E-state index contributed by atoms with van der Waals surface area (Å²) >= 11 is 0. The minimum Gasteiger partial charge on any atom is -0.396 e. The number of para-hydroxylation sites is 1. The number of hydrogen-bond donors (Lipinski definition) is 2. The Bertz CT molecular complexity index is 478. The number of nitriles is 1. The summed E-state index contributed by atoms with van der Waals surface area (Å²) in [6.45, 7) is 5.57. The number of nitrogen functional groups attached to an aromatic ring is 1. The van der Waals surface area contributed by atoms with Crippen molar-refractivity contribution in [2.75, 3.05) is 30.7 Å². The summed E-state index contributed by atoms with van der Waals surface area (Å²) in [4.78, 5) is 2.57. The van der Waals surface area contributed by atoms with Gasteiger partial charge in [0.2, 0.25) is 0 Å². The van der Waals surface area contributed by atoms with Crippen LogP contribution >= 0.6 is 0 Å². The lowest BCUT2D eigenvalue weighted by Crippen LogP contribution is -2.38. The number of anilines is 2. The number of benzene rings is 1. The van der Waals surface area contributed by atoms with Gasteiger partial charge >= 0.3 is 0 Å². The molecular weight excluding hydrogens is 248 g/mol. The molecule has 1 fully saturated rings. The van der Waals surface area contributed by atoms with Crippen LogP contribution in [0.3, 0.4) is 0 Å². The molecule has 3 N–H and O–H groups in total. The molecule has 1 atom stereocenters. The zero-order chi connectivity index (χ0) is 14.4. The van der Waals surface area contributed by atoms with Crippen LogP contribution in [0.4, 0.5) is 11.4 Å². The van der Waals surface area contributed by atoms with E-state index in [0.29, 0.717) is 11.3 Å². The summed E-state index contributed by atoms with van der Waals surface area (Å²) in [6.07, 6.45) is 5.12. The molecule has 0 aromatic heterocycles. The highest BCUT2D eigenvalue weighted by molar-refractivity contribution is 5.72. The van der Waals surface area contributed by atoms with Crippen molar-refractivity contribution in [2.24, 2.45) is 0 Å². The van der Waals surface area contributed by atoms with E-state index in [1.807, 2.05) is 12.1 Å². The van der Waals surface area contributed by atoms with E-state index in [2.05, 4.69) is 23.2 Å². The van der Waals surface area contributed by atoms with Crippen molar-refractivity contribution in [3.63, 3.8) is 0 Å². The second-order valence-electron chi connectivity index (χ2n) is 5.54. The fourth-order valence-corrected chi connectivity index (χ4v) is 2.81. The quantitative estimate of drug-likeness (QED) is 0.639. The third-order valence-electron chi connectivity index (χ3n) is 4.10. The summed E-state index contributed by atoms with van der Waals surface area (Å²) in [6, 6.07) is 8.37. The molecule has 2 rings (SSSR count). The Balaban J connectivity index is 1.77. The van der Waals surface area contributed by atoms with Crippen LogP contribution in [0.5, 0.6) is 0 Å². The highest BCUT2D eigenvalue weighted by Gasteiger charge is 2.17. The largest absolute Gasteiger partial charge is 0.396 e. The Labute approximate surface area is 121 Å². The molecule has 1 aliphatic rings. The Hall–Kier alpha value is -1.73. The van der Waals surface area contributed by atoms with Gasteiger partial charge in [0.25, 0.3) is 0 Å². The van der Waals surface area contributed by atoms with Gasteiger partial charge in [0.05, 0.1) is 16.9 Å². The van der Waals surface area contributed by atoms with Crippen molar-refractivity contribution in [2.45, 2.75) is 38.6 Å². The molecule has 4 nitrogen and oxygen atoms in total. The molecule has 4 heteroatoms. The Morgan fingerprint density at radius 1 is 1.45 bits per heavy atom. The molecule has 0 radical (unpaired) electrons. The lowest BCUT2D eigenvalue weighted by molar-refractivity contribution is 0.160. The fraction of sp³-hybridized carbons (Fsp3) is 0.562. The van der Waals surface area contributed by atoms with Crippen molar-refractivity contribution >= 4 is 11.4 Å². The standard InChI is InChI=1S/C16H24N4/c1-13-6-2-3-10-20(13)11-5-9-19-15-8-4-7-14(12-17)16(15)18/h4,7-8,13,19H,2-3,5-6,9-11,18H2,1H3. The van der Waals surface area contributed by atoms with Gasteiger partial charge < -0.3 is 16.0 Å². The minimum absolute atomic E-state index is 0.541. The van der Waals surface area contributed by atoms with Gasteiger partial charge in [-0.2, -0.15) is 5.26 Å². The smallest absolute Gasteiger partial charge is 0.101 e. The number of nitrogens with one attached hydrogen (secondary N) is 1. The highest BCUT2D eigenvalue weighted by Crippen LogP contribution is 2.22. The van der Waals surface area contributed by atoms with Crippen LogP contribution in [0.1, 0.15) is 38.2 Å². The Kier molecular flexibility index (Phi) is 5.25. The molecule has 0 saturated carbocycles. The predicted octanol–water partition coefficient (Wildman–Crippen LogP) is 2.82. The molecule has 20 heavy (non-hydrogen) atoms. The number of piperidine rings is 1. The van der Waals surface area contributed by atoms with E-state index in [1.54, 1.807) is 6.07 Å². The lowest BCUT2D eigenvalue weighted by atomic mass is 10.0. The van der Waals surface area contributed by atoms with Crippen molar-refractivity contribution < 1.29 is 0 Å². The molecular formula is C16H24N4. The van der Waals surface area contributed by atoms with Gasteiger partial charge in [0, 0.05) is 19.1 Å². The van der Waals surface area contributed by atoms with Crippen molar-refractivity contribution in [1.29, 1.82) is 5.26 Å². The molecule has 0 bridgehead atoms. The second-order valence-corrected chi connectivity index (χ2v) is 5.54. The predicted molar refractivity (Wildman–Crippen MR) is 83.6 cm³/mol. The Morgan fingerprint density at radius 2 is 2.30 bits per heavy atom. The van der Waals surface area contributed by atoms with E-state index in [1.165, 1.54) is 25.8 Å². The molecule has 0 aliphatic carbocycles. The van der Waals surface area contributed by atoms with Gasteiger partial charge in [-0.05, 0) is 44.9 Å². The fourth-order valence-electron chi connectivity index (χ4n) is 2.81. The molecule has 1 heterocycles. The SMILES string of the molecule is CC1CCCCN1CCCNc1cccc(C#N)c1N. The number of rotatable bonds is 5. The first-order chi connectivity index (χ1) is 9.72. The van der Waals surface area contributed by atoms with E-state index >= 15 is 0 Å². The first-order valence-electron chi connectivity index (χ1n) is 7.49. The summed E-state index contributed by atoms with van der Waals surface area (Å²) in [7, 11) is 0. The number of hydrogen-bond acceptors (Lipinski definition) is 4. The van der Waals surface area contributed by atoms with E-state index in [4.69, 9.17) is 11.0 Å². The van der Waals surface area contributed by atoms with Crippen LogP contribution in [-0.4, -0.2) is 30.6 Å². The Morgan fingerprint density at radius 3 is 3.05 bits per heavy atom. The number of likely N-dealkylation sites (tertiary alicyclic amines) is 1. The normalized spacial score (nSPS) is 19.5. The average molecular weight is 272 g/mol. The highest BCUT2D eigenvalue weighted by atomic mass is 15.2. The molecule has 108 valence electrons. The van der Waals surface area contributed by atoms with E-state index in [-0.39, 0.29) is 0 Å². The van der Waals surface area contributed by atoms with E-state index in [0.717, 1.165) is 31.2 Å². The zero-order valence-corrected chi connectivity index (χ0v) is 12.2. The van der Waals surface area contributed by atoms with Gasteiger partial charge in [0.1, 0.15) is 6.07 Å². The van der Waals surface area contributed by atoms with Gasteiger partial charge in [-0.1, -0.05) is 12.5 Å². The van der Waals surface area contributed by atoms with E-state index < -0.39 is 0 Å². The van der Waals surface area contributed by atoms with Crippen LogP contribution in [0.15, 0.2) is 18.2 Å². The summed E-state index contributed by atoms with van der Waals surface area (Å²) in [5.41, 5.74) is 7.91. The third kappa shape index (κ3) is 3.64. The second kappa shape index (κ2) is 7.16. The first kappa shape index (κ1) is 14.7. The summed E-state index contributed by atoms with van der Waals surface area (Å²) in [5.74, 6) is 0. The van der Waals surface area contributed by atoms with Crippen molar-refractivity contribution in [1.82, 2.24) is 4.90 Å². The first-order valence-corrected chi connectivity index (χ1v) is 7.49.